The molecule has 29 heavy (non-hydrogen) atoms. The number of rotatable bonds is 4. The van der Waals surface area contributed by atoms with Gasteiger partial charge in [0.2, 0.25) is 0 Å². The van der Waals surface area contributed by atoms with Gasteiger partial charge in [0.1, 0.15) is 5.82 Å². The van der Waals surface area contributed by atoms with Crippen LogP contribution < -0.4 is 10.6 Å². The van der Waals surface area contributed by atoms with Gasteiger partial charge in [-0.15, -0.1) is 0 Å². The number of nitrogens with zero attached hydrogens (tertiary/aromatic N) is 1. The van der Waals surface area contributed by atoms with Gasteiger partial charge in [0.05, 0.1) is 15.6 Å². The molecular weight excluding hydrogens is 405 g/mol. The number of para-hydroxylation sites is 1. The summed E-state index contributed by atoms with van der Waals surface area (Å²) in [5, 5.41) is 8.72. The fourth-order valence-electron chi connectivity index (χ4n) is 3.92. The molecule has 0 atom stereocenters. The van der Waals surface area contributed by atoms with Crippen molar-refractivity contribution >= 4 is 45.8 Å². The van der Waals surface area contributed by atoms with Crippen LogP contribution in [0.15, 0.2) is 48.5 Å². The van der Waals surface area contributed by atoms with Crippen LogP contribution in [-0.2, 0) is 0 Å². The van der Waals surface area contributed by atoms with Crippen LogP contribution >= 0.6 is 23.2 Å². The summed E-state index contributed by atoms with van der Waals surface area (Å²) >= 11 is 11.9. The number of aromatic nitrogens is 1. The van der Waals surface area contributed by atoms with Gasteiger partial charge in [-0.05, 0) is 68.5 Å². The number of hydrogen-bond donors (Lipinski definition) is 2. The van der Waals surface area contributed by atoms with Crippen molar-refractivity contribution in [2.24, 2.45) is 0 Å². The van der Waals surface area contributed by atoms with Crippen LogP contribution in [0.5, 0.6) is 0 Å². The van der Waals surface area contributed by atoms with Crippen molar-refractivity contribution in [3.63, 3.8) is 0 Å². The topological polar surface area (TPSA) is 54.0 Å². The number of nitrogens with one attached hydrogen (secondary N) is 2. The third-order valence-electron chi connectivity index (χ3n) is 5.52. The number of hydrogen-bond acceptors (Lipinski definition) is 3. The molecule has 2 N–H and O–H groups in total. The maximum absolute atomic E-state index is 12.5. The number of aryl methyl sites for hydroxylation is 1. The van der Waals surface area contributed by atoms with E-state index in [0.29, 0.717) is 21.7 Å². The fourth-order valence-corrected chi connectivity index (χ4v) is 4.22. The number of fused-ring (bicyclic) bond motifs is 1. The lowest BCUT2D eigenvalue weighted by molar-refractivity contribution is 0.0926. The summed E-state index contributed by atoms with van der Waals surface area (Å²) in [6.45, 7) is 2.12. The quantitative estimate of drug-likeness (QED) is 0.536. The Morgan fingerprint density at radius 2 is 1.69 bits per heavy atom. The third kappa shape index (κ3) is 4.65. The van der Waals surface area contributed by atoms with Crippen molar-refractivity contribution in [1.29, 1.82) is 0 Å². The molecular formula is C23H23Cl2N3O. The van der Waals surface area contributed by atoms with Crippen LogP contribution in [0.4, 0.5) is 5.82 Å². The molecule has 3 aromatic rings. The van der Waals surface area contributed by atoms with E-state index in [1.165, 1.54) is 10.9 Å². The highest BCUT2D eigenvalue weighted by Gasteiger charge is 2.23. The highest BCUT2D eigenvalue weighted by atomic mass is 35.5. The number of carbonyl (C=O) groups is 1. The van der Waals surface area contributed by atoms with E-state index in [1.807, 2.05) is 18.2 Å². The van der Waals surface area contributed by atoms with E-state index < -0.39 is 0 Å². The van der Waals surface area contributed by atoms with Crippen molar-refractivity contribution in [3.05, 3.63) is 69.7 Å². The van der Waals surface area contributed by atoms with Crippen molar-refractivity contribution in [3.8, 4) is 0 Å². The van der Waals surface area contributed by atoms with Gasteiger partial charge in [-0.25, -0.2) is 4.98 Å². The highest BCUT2D eigenvalue weighted by Crippen LogP contribution is 2.26. The largest absolute Gasteiger partial charge is 0.367 e. The Morgan fingerprint density at radius 3 is 2.45 bits per heavy atom. The molecule has 1 saturated carbocycles. The fraction of sp³-hybridized carbons (Fsp3) is 0.304. The summed E-state index contributed by atoms with van der Waals surface area (Å²) in [7, 11) is 0. The highest BCUT2D eigenvalue weighted by molar-refractivity contribution is 6.42. The van der Waals surface area contributed by atoms with Crippen molar-refractivity contribution in [2.75, 3.05) is 5.32 Å². The van der Waals surface area contributed by atoms with E-state index in [4.69, 9.17) is 28.2 Å². The number of halogens is 2. The Morgan fingerprint density at radius 1 is 0.966 bits per heavy atom. The van der Waals surface area contributed by atoms with E-state index >= 15 is 0 Å². The van der Waals surface area contributed by atoms with Crippen LogP contribution in [0.1, 0.15) is 41.6 Å². The maximum Gasteiger partial charge on any atom is 0.251 e. The lowest BCUT2D eigenvalue weighted by Gasteiger charge is -2.30. The van der Waals surface area contributed by atoms with Crippen LogP contribution in [0, 0.1) is 6.92 Å². The van der Waals surface area contributed by atoms with Crippen LogP contribution in [0.2, 0.25) is 10.0 Å². The molecule has 0 spiro atoms. The molecule has 150 valence electrons. The summed E-state index contributed by atoms with van der Waals surface area (Å²) in [5.41, 5.74) is 2.77. The minimum atomic E-state index is -0.105. The lowest BCUT2D eigenvalue weighted by Crippen LogP contribution is -2.40. The molecule has 1 aliphatic carbocycles. The van der Waals surface area contributed by atoms with Crippen molar-refractivity contribution in [1.82, 2.24) is 10.3 Å². The van der Waals surface area contributed by atoms with Crippen LogP contribution in [-0.4, -0.2) is 23.0 Å². The van der Waals surface area contributed by atoms with E-state index in [-0.39, 0.29) is 11.9 Å². The molecule has 6 heteroatoms. The van der Waals surface area contributed by atoms with Crippen LogP contribution in [0.25, 0.3) is 10.9 Å². The summed E-state index contributed by atoms with van der Waals surface area (Å²) < 4.78 is 0. The molecule has 4 rings (SSSR count). The molecule has 0 aliphatic heterocycles. The first-order valence-corrected chi connectivity index (χ1v) is 10.6. The molecule has 0 saturated heterocycles. The zero-order valence-corrected chi connectivity index (χ0v) is 17.7. The second-order valence-corrected chi connectivity index (χ2v) is 8.45. The first kappa shape index (κ1) is 20.0. The van der Waals surface area contributed by atoms with Crippen LogP contribution in [0.3, 0.4) is 0 Å². The van der Waals surface area contributed by atoms with Gasteiger partial charge >= 0.3 is 0 Å². The predicted octanol–water partition coefficient (Wildman–Crippen LogP) is 6.00. The zero-order chi connectivity index (χ0) is 20.4. The maximum atomic E-state index is 12.5. The van der Waals surface area contributed by atoms with Gasteiger partial charge in [0, 0.05) is 23.0 Å². The van der Waals surface area contributed by atoms with Crippen molar-refractivity contribution in [2.45, 2.75) is 44.7 Å². The van der Waals surface area contributed by atoms with Gasteiger partial charge in [0.25, 0.3) is 5.91 Å². The SMILES string of the molecule is Cc1cc(NC2CCC(NC(=O)c3ccc(Cl)c(Cl)c3)CC2)nc2ccccc12. The van der Waals surface area contributed by atoms with Gasteiger partial charge in [0.15, 0.2) is 0 Å². The number of benzene rings is 2. The molecule has 1 fully saturated rings. The minimum Gasteiger partial charge on any atom is -0.367 e. The Kier molecular flexibility index (Phi) is 5.93. The second-order valence-electron chi connectivity index (χ2n) is 7.64. The smallest absolute Gasteiger partial charge is 0.251 e. The number of anilines is 1. The summed E-state index contributed by atoms with van der Waals surface area (Å²) in [6, 6.07) is 15.8. The van der Waals surface area contributed by atoms with E-state index in [0.717, 1.165) is 37.0 Å². The van der Waals surface area contributed by atoms with E-state index in [2.05, 4.69) is 29.7 Å². The molecule has 1 heterocycles. The Bertz CT molecular complexity index is 1050. The molecule has 0 unspecified atom stereocenters. The molecule has 1 aromatic heterocycles. The second kappa shape index (κ2) is 8.60. The number of carbonyl (C=O) groups excluding carboxylic acids is 1. The lowest BCUT2D eigenvalue weighted by atomic mass is 9.91. The number of pyridine rings is 1. The molecule has 1 amide bonds. The molecule has 4 nitrogen and oxygen atoms in total. The molecule has 2 aromatic carbocycles. The van der Waals surface area contributed by atoms with Gasteiger partial charge in [-0.1, -0.05) is 41.4 Å². The number of amides is 1. The molecule has 0 radical (unpaired) electrons. The van der Waals surface area contributed by atoms with E-state index in [9.17, 15) is 4.79 Å². The average Bonchev–Trinajstić information content (AvgIpc) is 2.71. The Labute approximate surface area is 180 Å². The summed E-state index contributed by atoms with van der Waals surface area (Å²) in [5.74, 6) is 0.816. The Hall–Kier alpha value is -2.30. The first-order valence-electron chi connectivity index (χ1n) is 9.88. The van der Waals surface area contributed by atoms with Gasteiger partial charge in [-0.2, -0.15) is 0 Å². The zero-order valence-electron chi connectivity index (χ0n) is 16.2. The monoisotopic (exact) mass is 427 g/mol. The van der Waals surface area contributed by atoms with Crippen molar-refractivity contribution < 1.29 is 4.79 Å². The minimum absolute atomic E-state index is 0.105. The normalized spacial score (nSPS) is 19.1. The third-order valence-corrected chi connectivity index (χ3v) is 6.26. The average molecular weight is 428 g/mol. The standard InChI is InChI=1S/C23H23Cl2N3O/c1-14-12-22(28-21-5-3-2-4-18(14)21)26-16-7-9-17(10-8-16)27-23(29)15-6-11-19(24)20(25)13-15/h2-6,11-13,16-17H,7-10H2,1H3,(H,26,28)(H,27,29). The first-order chi connectivity index (χ1) is 14.0. The summed E-state index contributed by atoms with van der Waals surface area (Å²) in [6.07, 6.45) is 3.83. The molecule has 1 aliphatic rings. The molecule has 0 bridgehead atoms. The predicted molar refractivity (Wildman–Crippen MR) is 120 cm³/mol. The van der Waals surface area contributed by atoms with Gasteiger partial charge < -0.3 is 10.6 Å². The van der Waals surface area contributed by atoms with Gasteiger partial charge in [-0.3, -0.25) is 4.79 Å². The summed E-state index contributed by atoms with van der Waals surface area (Å²) in [4.78, 5) is 17.2. The Balaban J connectivity index is 1.33. The van der Waals surface area contributed by atoms with E-state index in [1.54, 1.807) is 18.2 Å².